The van der Waals surface area contributed by atoms with E-state index in [0.29, 0.717) is 18.5 Å². The van der Waals surface area contributed by atoms with Crippen molar-refractivity contribution in [2.24, 2.45) is 4.99 Å². The van der Waals surface area contributed by atoms with Gasteiger partial charge < -0.3 is 15.2 Å². The molecule has 0 saturated carbocycles. The summed E-state index contributed by atoms with van der Waals surface area (Å²) in [6.45, 7) is 8.81. The summed E-state index contributed by atoms with van der Waals surface area (Å²) in [5.74, 6) is 3.42. The number of hydrogen-bond acceptors (Lipinski definition) is 3. The number of fused-ring (bicyclic) bond motifs is 2. The van der Waals surface area contributed by atoms with Crippen LogP contribution in [-0.2, 0) is 19.5 Å². The zero-order valence-corrected chi connectivity index (χ0v) is 17.5. The minimum absolute atomic E-state index is 0.321. The highest BCUT2D eigenvalue weighted by atomic mass is 15.3. The Bertz CT molecular complexity index is 998. The third-order valence-corrected chi connectivity index (χ3v) is 5.46. The quantitative estimate of drug-likeness (QED) is 0.516. The topological polar surface area (TPSA) is 67.1 Å². The number of nitrogens with one attached hydrogen (secondary N) is 2. The van der Waals surface area contributed by atoms with Crippen LogP contribution in [0.2, 0.25) is 0 Å². The lowest BCUT2D eigenvalue weighted by atomic mass is 10.0. The second kappa shape index (κ2) is 8.64. The van der Waals surface area contributed by atoms with Crippen LogP contribution in [0.4, 0.5) is 0 Å². The fraction of sp³-hybridized carbons (Fsp3) is 0.435. The highest BCUT2D eigenvalue weighted by Gasteiger charge is 2.24. The summed E-state index contributed by atoms with van der Waals surface area (Å²) in [6, 6.07) is 15.2. The van der Waals surface area contributed by atoms with Crippen LogP contribution >= 0.6 is 0 Å². The van der Waals surface area contributed by atoms with Crippen LogP contribution < -0.4 is 10.6 Å². The number of hydrogen-bond donors (Lipinski definition) is 2. The fourth-order valence-electron chi connectivity index (χ4n) is 4.00. The number of aryl methyl sites for hydroxylation is 1. The van der Waals surface area contributed by atoms with Gasteiger partial charge in [0.1, 0.15) is 11.6 Å². The highest BCUT2D eigenvalue weighted by molar-refractivity contribution is 5.86. The van der Waals surface area contributed by atoms with Crippen LogP contribution in [0.3, 0.4) is 0 Å². The fourth-order valence-corrected chi connectivity index (χ4v) is 4.00. The molecule has 6 nitrogen and oxygen atoms in total. The van der Waals surface area contributed by atoms with Crippen LogP contribution in [0.1, 0.15) is 50.3 Å². The van der Waals surface area contributed by atoms with E-state index in [9.17, 15) is 0 Å². The maximum Gasteiger partial charge on any atom is 0.191 e. The number of aliphatic imine (C=N–C) groups is 1. The monoisotopic (exact) mass is 390 g/mol. The average molecular weight is 391 g/mol. The summed E-state index contributed by atoms with van der Waals surface area (Å²) in [5.41, 5.74) is 1.24. The number of aromatic nitrogens is 3. The molecule has 1 aliphatic heterocycles. The maximum atomic E-state index is 4.88. The minimum atomic E-state index is 0.321. The van der Waals surface area contributed by atoms with Crippen molar-refractivity contribution in [3.8, 4) is 0 Å². The van der Waals surface area contributed by atoms with Gasteiger partial charge in [-0.1, -0.05) is 56.3 Å². The molecule has 2 heterocycles. The SMILES string of the molecule is CCNC(=NCc1cccc2ccccc12)NC1CCc2nnc(C(C)C)n2C1. The standard InChI is InChI=1S/C23H30N6/c1-4-24-23(25-14-18-10-7-9-17-8-5-6-11-20(17)18)26-19-12-13-21-27-28-22(16(2)3)29(21)15-19/h5-11,16,19H,4,12-15H2,1-3H3,(H2,24,25,26). The van der Waals surface area contributed by atoms with Crippen molar-refractivity contribution in [2.45, 2.75) is 58.7 Å². The molecule has 3 aromatic rings. The molecule has 152 valence electrons. The molecule has 1 aliphatic rings. The lowest BCUT2D eigenvalue weighted by Gasteiger charge is -2.27. The molecular formula is C23H30N6. The number of benzene rings is 2. The first-order valence-electron chi connectivity index (χ1n) is 10.6. The molecule has 1 aromatic heterocycles. The van der Waals surface area contributed by atoms with Crippen molar-refractivity contribution in [3.63, 3.8) is 0 Å². The van der Waals surface area contributed by atoms with Crippen molar-refractivity contribution >= 4 is 16.7 Å². The molecule has 2 N–H and O–H groups in total. The average Bonchev–Trinajstić information content (AvgIpc) is 3.16. The van der Waals surface area contributed by atoms with Crippen LogP contribution in [0.5, 0.6) is 0 Å². The lowest BCUT2D eigenvalue weighted by Crippen LogP contribution is -2.47. The summed E-state index contributed by atoms with van der Waals surface area (Å²) < 4.78 is 2.28. The molecule has 1 unspecified atom stereocenters. The number of guanidine groups is 1. The van der Waals surface area contributed by atoms with Gasteiger partial charge in [-0.2, -0.15) is 0 Å². The smallest absolute Gasteiger partial charge is 0.191 e. The van der Waals surface area contributed by atoms with Gasteiger partial charge in [-0.3, -0.25) is 0 Å². The molecule has 0 bridgehead atoms. The largest absolute Gasteiger partial charge is 0.357 e. The molecule has 0 fully saturated rings. The van der Waals surface area contributed by atoms with Crippen molar-refractivity contribution in [1.29, 1.82) is 0 Å². The Morgan fingerprint density at radius 2 is 2.00 bits per heavy atom. The Labute approximate surface area is 172 Å². The van der Waals surface area contributed by atoms with Gasteiger partial charge in [-0.25, -0.2) is 4.99 Å². The maximum absolute atomic E-state index is 4.88. The Balaban J connectivity index is 1.50. The van der Waals surface area contributed by atoms with E-state index in [1.165, 1.54) is 16.3 Å². The second-order valence-corrected chi connectivity index (χ2v) is 7.95. The number of nitrogens with zero attached hydrogens (tertiary/aromatic N) is 4. The van der Waals surface area contributed by atoms with E-state index in [1.54, 1.807) is 0 Å². The predicted octanol–water partition coefficient (Wildman–Crippen LogP) is 3.62. The summed E-state index contributed by atoms with van der Waals surface area (Å²) in [7, 11) is 0. The molecule has 0 radical (unpaired) electrons. The van der Waals surface area contributed by atoms with Crippen LogP contribution in [0.25, 0.3) is 10.8 Å². The first-order valence-corrected chi connectivity index (χ1v) is 10.6. The van der Waals surface area contributed by atoms with Gasteiger partial charge in [0.15, 0.2) is 5.96 Å². The van der Waals surface area contributed by atoms with Crippen molar-refractivity contribution in [1.82, 2.24) is 25.4 Å². The zero-order chi connectivity index (χ0) is 20.2. The van der Waals surface area contributed by atoms with Gasteiger partial charge >= 0.3 is 0 Å². The van der Waals surface area contributed by atoms with Gasteiger partial charge in [0, 0.05) is 31.5 Å². The van der Waals surface area contributed by atoms with E-state index in [2.05, 4.69) is 88.6 Å². The molecule has 1 atom stereocenters. The Kier molecular flexibility index (Phi) is 5.79. The van der Waals surface area contributed by atoms with Crippen LogP contribution in [0, 0.1) is 0 Å². The zero-order valence-electron chi connectivity index (χ0n) is 17.5. The molecule has 2 aromatic carbocycles. The summed E-state index contributed by atoms with van der Waals surface area (Å²) in [6.07, 6.45) is 1.98. The Morgan fingerprint density at radius 3 is 2.83 bits per heavy atom. The third-order valence-electron chi connectivity index (χ3n) is 5.46. The van der Waals surface area contributed by atoms with Gasteiger partial charge in [-0.15, -0.1) is 10.2 Å². The summed E-state index contributed by atoms with van der Waals surface area (Å²) in [4.78, 5) is 4.88. The molecule has 29 heavy (non-hydrogen) atoms. The van der Waals surface area contributed by atoms with E-state index in [1.807, 2.05) is 0 Å². The van der Waals surface area contributed by atoms with E-state index in [4.69, 9.17) is 4.99 Å². The molecular weight excluding hydrogens is 360 g/mol. The molecule has 4 rings (SSSR count). The van der Waals surface area contributed by atoms with E-state index < -0.39 is 0 Å². The first kappa shape index (κ1) is 19.4. The van der Waals surface area contributed by atoms with Crippen molar-refractivity contribution in [3.05, 3.63) is 59.7 Å². The second-order valence-electron chi connectivity index (χ2n) is 7.95. The Morgan fingerprint density at radius 1 is 1.17 bits per heavy atom. The molecule has 6 heteroatoms. The Hall–Kier alpha value is -2.89. The lowest BCUT2D eigenvalue weighted by molar-refractivity contribution is 0.408. The molecule has 0 aliphatic carbocycles. The van der Waals surface area contributed by atoms with Crippen molar-refractivity contribution < 1.29 is 0 Å². The number of rotatable bonds is 5. The van der Waals surface area contributed by atoms with Gasteiger partial charge in [0.2, 0.25) is 0 Å². The summed E-state index contributed by atoms with van der Waals surface area (Å²) >= 11 is 0. The normalized spacial score (nSPS) is 16.8. The minimum Gasteiger partial charge on any atom is -0.357 e. The predicted molar refractivity (Wildman–Crippen MR) is 118 cm³/mol. The van der Waals surface area contributed by atoms with E-state index in [0.717, 1.165) is 43.5 Å². The van der Waals surface area contributed by atoms with Gasteiger partial charge in [0.05, 0.1) is 6.54 Å². The van der Waals surface area contributed by atoms with E-state index in [-0.39, 0.29) is 0 Å². The van der Waals surface area contributed by atoms with Crippen molar-refractivity contribution in [2.75, 3.05) is 6.54 Å². The van der Waals surface area contributed by atoms with Gasteiger partial charge in [0.25, 0.3) is 0 Å². The molecule has 0 saturated heterocycles. The molecule has 0 amide bonds. The highest BCUT2D eigenvalue weighted by Crippen LogP contribution is 2.21. The summed E-state index contributed by atoms with van der Waals surface area (Å²) in [5, 5.41) is 18.3. The third kappa shape index (κ3) is 4.26. The van der Waals surface area contributed by atoms with Crippen LogP contribution in [0.15, 0.2) is 47.5 Å². The van der Waals surface area contributed by atoms with E-state index >= 15 is 0 Å². The van der Waals surface area contributed by atoms with Gasteiger partial charge in [-0.05, 0) is 29.7 Å². The van der Waals surface area contributed by atoms with Crippen LogP contribution in [-0.4, -0.2) is 33.3 Å². The molecule has 0 spiro atoms. The first-order chi connectivity index (χ1) is 14.2.